The van der Waals surface area contributed by atoms with Gasteiger partial charge in [0.25, 0.3) is 0 Å². The lowest BCUT2D eigenvalue weighted by molar-refractivity contribution is -0.125. The van der Waals surface area contributed by atoms with Crippen LogP contribution in [-0.2, 0) is 4.79 Å². The van der Waals surface area contributed by atoms with Gasteiger partial charge >= 0.3 is 0 Å². The maximum atomic E-state index is 11.5. The normalized spacial score (nSPS) is 18.5. The van der Waals surface area contributed by atoms with Gasteiger partial charge in [-0.2, -0.15) is 0 Å². The van der Waals surface area contributed by atoms with Crippen LogP contribution in [0.3, 0.4) is 0 Å². The fourth-order valence-electron chi connectivity index (χ4n) is 1.54. The summed E-state index contributed by atoms with van der Waals surface area (Å²) in [5, 5.41) is 6.14. The van der Waals surface area contributed by atoms with Crippen molar-refractivity contribution in [3.63, 3.8) is 0 Å². The Balaban J connectivity index is 2.13. The van der Waals surface area contributed by atoms with Crippen LogP contribution >= 0.6 is 0 Å². The molecule has 1 fully saturated rings. The predicted molar refractivity (Wildman–Crippen MR) is 52.3 cm³/mol. The summed E-state index contributed by atoms with van der Waals surface area (Å²) in [5.74, 6) is 0.425. The van der Waals surface area contributed by atoms with Gasteiger partial charge in [-0.3, -0.25) is 4.79 Å². The van der Waals surface area contributed by atoms with Gasteiger partial charge in [-0.1, -0.05) is 0 Å². The molecule has 0 saturated carbocycles. The fourth-order valence-corrected chi connectivity index (χ4v) is 1.54. The van der Waals surface area contributed by atoms with Crippen molar-refractivity contribution >= 4 is 5.91 Å². The van der Waals surface area contributed by atoms with Gasteiger partial charge in [0.05, 0.1) is 0 Å². The second kappa shape index (κ2) is 5.94. The van der Waals surface area contributed by atoms with E-state index in [4.69, 9.17) is 5.73 Å². The summed E-state index contributed by atoms with van der Waals surface area (Å²) in [4.78, 5) is 11.5. The largest absolute Gasteiger partial charge is 0.356 e. The number of piperidine rings is 1. The van der Waals surface area contributed by atoms with Crippen molar-refractivity contribution in [2.45, 2.75) is 19.3 Å². The molecule has 0 aromatic carbocycles. The third-order valence-corrected chi connectivity index (χ3v) is 2.39. The van der Waals surface area contributed by atoms with Crippen molar-refractivity contribution in [1.82, 2.24) is 10.6 Å². The third kappa shape index (κ3) is 3.74. The fraction of sp³-hybridized carbons (Fsp3) is 0.889. The minimum atomic E-state index is 0.204. The van der Waals surface area contributed by atoms with Crippen molar-refractivity contribution in [3.8, 4) is 0 Å². The number of hydrogen-bond donors (Lipinski definition) is 3. The number of rotatable bonds is 4. The highest BCUT2D eigenvalue weighted by atomic mass is 16.1. The van der Waals surface area contributed by atoms with E-state index in [0.29, 0.717) is 6.54 Å². The van der Waals surface area contributed by atoms with E-state index < -0.39 is 0 Å². The molecule has 4 heteroatoms. The molecule has 4 nitrogen and oxygen atoms in total. The average Bonchev–Trinajstić information content (AvgIpc) is 2.19. The van der Waals surface area contributed by atoms with Crippen LogP contribution in [0.5, 0.6) is 0 Å². The first-order valence-corrected chi connectivity index (χ1v) is 5.03. The van der Waals surface area contributed by atoms with Crippen LogP contribution in [0.1, 0.15) is 19.3 Å². The quantitative estimate of drug-likeness (QED) is 0.515. The van der Waals surface area contributed by atoms with Crippen molar-refractivity contribution in [2.75, 3.05) is 26.2 Å². The molecule has 0 bridgehead atoms. The minimum absolute atomic E-state index is 0.204. The van der Waals surface area contributed by atoms with Gasteiger partial charge in [-0.05, 0) is 38.9 Å². The summed E-state index contributed by atoms with van der Waals surface area (Å²) in [7, 11) is 0. The summed E-state index contributed by atoms with van der Waals surface area (Å²) in [6.07, 6.45) is 2.81. The molecule has 1 amide bonds. The maximum Gasteiger partial charge on any atom is 0.223 e. The molecule has 0 aliphatic carbocycles. The van der Waals surface area contributed by atoms with Crippen LogP contribution in [0, 0.1) is 5.92 Å². The lowest BCUT2D eigenvalue weighted by atomic mass is 9.97. The highest BCUT2D eigenvalue weighted by Gasteiger charge is 2.19. The van der Waals surface area contributed by atoms with Crippen LogP contribution in [0.25, 0.3) is 0 Å². The number of nitrogens with two attached hydrogens (primary N) is 1. The Kier molecular flexibility index (Phi) is 4.78. The lowest BCUT2D eigenvalue weighted by Gasteiger charge is -2.21. The Morgan fingerprint density at radius 3 is 2.77 bits per heavy atom. The summed E-state index contributed by atoms with van der Waals surface area (Å²) in [5.41, 5.74) is 5.33. The molecule has 0 radical (unpaired) electrons. The molecule has 0 atom stereocenters. The van der Waals surface area contributed by atoms with Crippen molar-refractivity contribution in [2.24, 2.45) is 11.7 Å². The van der Waals surface area contributed by atoms with Gasteiger partial charge in [0, 0.05) is 12.5 Å². The SMILES string of the molecule is NCCCNC(=O)C1CCNCC1. The number of carbonyl (C=O) groups is 1. The Bertz CT molecular complexity index is 155. The van der Waals surface area contributed by atoms with E-state index in [1.54, 1.807) is 0 Å². The first kappa shape index (κ1) is 10.5. The third-order valence-electron chi connectivity index (χ3n) is 2.39. The first-order valence-electron chi connectivity index (χ1n) is 5.03. The highest BCUT2D eigenvalue weighted by molar-refractivity contribution is 5.78. The molecule has 0 aromatic heterocycles. The second-order valence-corrected chi connectivity index (χ2v) is 3.46. The van der Waals surface area contributed by atoms with Gasteiger partial charge in [0.15, 0.2) is 0 Å². The minimum Gasteiger partial charge on any atom is -0.356 e. The molecule has 1 aliphatic rings. The number of nitrogens with one attached hydrogen (secondary N) is 2. The van der Waals surface area contributed by atoms with E-state index in [1.165, 1.54) is 0 Å². The number of hydrogen-bond acceptors (Lipinski definition) is 3. The topological polar surface area (TPSA) is 67.1 Å². The van der Waals surface area contributed by atoms with Crippen LogP contribution in [-0.4, -0.2) is 32.1 Å². The summed E-state index contributed by atoms with van der Waals surface area (Å²) < 4.78 is 0. The Labute approximate surface area is 79.3 Å². The number of carbonyl (C=O) groups excluding carboxylic acids is 1. The van der Waals surface area contributed by atoms with Crippen LogP contribution in [0.15, 0.2) is 0 Å². The van der Waals surface area contributed by atoms with Crippen molar-refractivity contribution < 1.29 is 4.79 Å². The Morgan fingerprint density at radius 2 is 2.15 bits per heavy atom. The second-order valence-electron chi connectivity index (χ2n) is 3.46. The molecule has 4 N–H and O–H groups in total. The smallest absolute Gasteiger partial charge is 0.223 e. The lowest BCUT2D eigenvalue weighted by Crippen LogP contribution is -2.38. The molecular weight excluding hydrogens is 166 g/mol. The van der Waals surface area contributed by atoms with Gasteiger partial charge < -0.3 is 16.4 Å². The molecule has 76 valence electrons. The predicted octanol–water partition coefficient (Wildman–Crippen LogP) is -0.549. The zero-order chi connectivity index (χ0) is 9.52. The van der Waals surface area contributed by atoms with Gasteiger partial charge in [-0.15, -0.1) is 0 Å². The molecular formula is C9H19N3O. The van der Waals surface area contributed by atoms with E-state index >= 15 is 0 Å². The monoisotopic (exact) mass is 185 g/mol. The van der Waals surface area contributed by atoms with E-state index in [9.17, 15) is 4.79 Å². The molecule has 1 saturated heterocycles. The molecule has 1 rings (SSSR count). The molecule has 0 aromatic rings. The van der Waals surface area contributed by atoms with Gasteiger partial charge in [-0.25, -0.2) is 0 Å². The van der Waals surface area contributed by atoms with E-state index in [-0.39, 0.29) is 11.8 Å². The Hall–Kier alpha value is -0.610. The van der Waals surface area contributed by atoms with Crippen molar-refractivity contribution in [3.05, 3.63) is 0 Å². The Morgan fingerprint density at radius 1 is 1.46 bits per heavy atom. The first-order chi connectivity index (χ1) is 6.34. The highest BCUT2D eigenvalue weighted by Crippen LogP contribution is 2.10. The standard InChI is InChI=1S/C9H19N3O/c10-4-1-5-12-9(13)8-2-6-11-7-3-8/h8,11H,1-7,10H2,(H,12,13). The molecule has 1 heterocycles. The van der Waals surface area contributed by atoms with Gasteiger partial charge in [0.1, 0.15) is 0 Å². The zero-order valence-corrected chi connectivity index (χ0v) is 8.01. The zero-order valence-electron chi connectivity index (χ0n) is 8.01. The van der Waals surface area contributed by atoms with Crippen LogP contribution < -0.4 is 16.4 Å². The van der Waals surface area contributed by atoms with Crippen LogP contribution in [0.2, 0.25) is 0 Å². The molecule has 0 unspecified atom stereocenters. The van der Waals surface area contributed by atoms with Crippen LogP contribution in [0.4, 0.5) is 0 Å². The van der Waals surface area contributed by atoms with E-state index in [2.05, 4.69) is 10.6 Å². The average molecular weight is 185 g/mol. The summed E-state index contributed by atoms with van der Waals surface area (Å²) in [6.45, 7) is 3.30. The number of amides is 1. The molecule has 1 aliphatic heterocycles. The van der Waals surface area contributed by atoms with E-state index in [1.807, 2.05) is 0 Å². The molecule has 13 heavy (non-hydrogen) atoms. The summed E-state index contributed by atoms with van der Waals surface area (Å²) in [6, 6.07) is 0. The summed E-state index contributed by atoms with van der Waals surface area (Å²) >= 11 is 0. The van der Waals surface area contributed by atoms with Gasteiger partial charge in [0.2, 0.25) is 5.91 Å². The maximum absolute atomic E-state index is 11.5. The van der Waals surface area contributed by atoms with E-state index in [0.717, 1.165) is 38.9 Å². The van der Waals surface area contributed by atoms with Crippen molar-refractivity contribution in [1.29, 1.82) is 0 Å². The molecule has 0 spiro atoms.